The van der Waals surface area contributed by atoms with Crippen LogP contribution >= 0.6 is 0 Å². The molecular formula is C14H18O5S. The highest BCUT2D eigenvalue weighted by Crippen LogP contribution is 2.50. The zero-order valence-corrected chi connectivity index (χ0v) is 12.3. The molecule has 20 heavy (non-hydrogen) atoms. The fourth-order valence-electron chi connectivity index (χ4n) is 2.29. The molecule has 0 saturated heterocycles. The summed E-state index contributed by atoms with van der Waals surface area (Å²) in [5.74, 6) is -0.611. The minimum Gasteiger partial charge on any atom is -0.466 e. The second kappa shape index (κ2) is 6.47. The molecule has 1 saturated carbocycles. The van der Waals surface area contributed by atoms with Gasteiger partial charge < -0.3 is 4.74 Å². The summed E-state index contributed by atoms with van der Waals surface area (Å²) in [6.45, 7) is 4.05. The van der Waals surface area contributed by atoms with Crippen LogP contribution in [0, 0.1) is 18.8 Å². The van der Waals surface area contributed by atoms with Crippen molar-refractivity contribution in [3.63, 3.8) is 0 Å². The SMILES string of the molecule is CCOC(=O)C1CC1C(OS(=O)O)c1ccc(C)cc1. The van der Waals surface area contributed by atoms with Gasteiger partial charge in [-0.05, 0) is 25.8 Å². The lowest BCUT2D eigenvalue weighted by Crippen LogP contribution is -2.14. The van der Waals surface area contributed by atoms with Crippen molar-refractivity contribution >= 4 is 17.3 Å². The molecule has 1 aromatic carbocycles. The summed E-state index contributed by atoms with van der Waals surface area (Å²) in [5.41, 5.74) is 1.89. The van der Waals surface area contributed by atoms with Gasteiger partial charge in [-0.15, -0.1) is 0 Å². The molecule has 1 fully saturated rings. The van der Waals surface area contributed by atoms with Crippen molar-refractivity contribution in [2.75, 3.05) is 6.61 Å². The van der Waals surface area contributed by atoms with E-state index < -0.39 is 17.5 Å². The Morgan fingerprint density at radius 2 is 2.10 bits per heavy atom. The van der Waals surface area contributed by atoms with Gasteiger partial charge in [-0.2, -0.15) is 4.21 Å². The fraction of sp³-hybridized carbons (Fsp3) is 0.500. The van der Waals surface area contributed by atoms with Crippen LogP contribution in [0.25, 0.3) is 0 Å². The number of rotatable bonds is 6. The van der Waals surface area contributed by atoms with Crippen molar-refractivity contribution in [1.82, 2.24) is 0 Å². The third-order valence-corrected chi connectivity index (χ3v) is 3.78. The molecule has 0 amide bonds. The van der Waals surface area contributed by atoms with E-state index in [-0.39, 0.29) is 17.8 Å². The summed E-state index contributed by atoms with van der Waals surface area (Å²) in [6.07, 6.45) is 0.0602. The fourth-order valence-corrected chi connectivity index (χ4v) is 2.72. The van der Waals surface area contributed by atoms with Gasteiger partial charge in [0, 0.05) is 5.92 Å². The Morgan fingerprint density at radius 3 is 2.65 bits per heavy atom. The van der Waals surface area contributed by atoms with E-state index >= 15 is 0 Å². The van der Waals surface area contributed by atoms with Crippen LogP contribution in [0.5, 0.6) is 0 Å². The molecule has 2 rings (SSSR count). The summed E-state index contributed by atoms with van der Waals surface area (Å²) in [5, 5.41) is 0. The van der Waals surface area contributed by atoms with Crippen molar-refractivity contribution in [1.29, 1.82) is 0 Å². The lowest BCUT2D eigenvalue weighted by Gasteiger charge is -2.15. The molecule has 4 unspecified atom stereocenters. The first kappa shape index (κ1) is 15.2. The van der Waals surface area contributed by atoms with E-state index in [4.69, 9.17) is 13.5 Å². The Morgan fingerprint density at radius 1 is 1.45 bits per heavy atom. The average Bonchev–Trinajstić information content (AvgIpc) is 3.17. The number of benzene rings is 1. The van der Waals surface area contributed by atoms with Gasteiger partial charge in [0.2, 0.25) is 0 Å². The standard InChI is InChI=1S/C14H18O5S/c1-3-18-14(15)12-8-11(12)13(19-20(16)17)10-6-4-9(2)5-7-10/h4-7,11-13H,3,8H2,1-2H3,(H,16,17). The zero-order chi connectivity index (χ0) is 14.7. The number of carbonyl (C=O) groups is 1. The van der Waals surface area contributed by atoms with E-state index in [1.165, 1.54) is 0 Å². The van der Waals surface area contributed by atoms with Gasteiger partial charge in [0.05, 0.1) is 12.5 Å². The molecule has 0 heterocycles. The monoisotopic (exact) mass is 298 g/mol. The summed E-state index contributed by atoms with van der Waals surface area (Å²) in [6, 6.07) is 7.53. The third kappa shape index (κ3) is 3.65. The van der Waals surface area contributed by atoms with E-state index in [1.807, 2.05) is 31.2 Å². The molecule has 110 valence electrons. The maximum Gasteiger partial charge on any atom is 0.309 e. The molecule has 1 aromatic rings. The Hall–Kier alpha value is -1.24. The second-order valence-corrected chi connectivity index (χ2v) is 5.53. The van der Waals surface area contributed by atoms with Crippen LogP contribution in [-0.4, -0.2) is 21.3 Å². The van der Waals surface area contributed by atoms with E-state index in [0.29, 0.717) is 13.0 Å². The second-order valence-electron chi connectivity index (χ2n) is 4.90. The molecule has 0 aliphatic heterocycles. The van der Waals surface area contributed by atoms with Gasteiger partial charge in [-0.25, -0.2) is 0 Å². The average molecular weight is 298 g/mol. The van der Waals surface area contributed by atoms with Gasteiger partial charge >= 0.3 is 17.3 Å². The maximum atomic E-state index is 11.7. The van der Waals surface area contributed by atoms with E-state index in [2.05, 4.69) is 0 Å². The molecule has 0 spiro atoms. The lowest BCUT2D eigenvalue weighted by atomic mass is 10.0. The van der Waals surface area contributed by atoms with Gasteiger partial charge in [0.15, 0.2) is 0 Å². The Kier molecular flexibility index (Phi) is 4.91. The van der Waals surface area contributed by atoms with Gasteiger partial charge in [0.25, 0.3) is 0 Å². The predicted molar refractivity (Wildman–Crippen MR) is 74.0 cm³/mol. The van der Waals surface area contributed by atoms with E-state index in [0.717, 1.165) is 11.1 Å². The molecule has 0 radical (unpaired) electrons. The Labute approximate surface area is 120 Å². The minimum absolute atomic E-state index is 0.104. The summed E-state index contributed by atoms with van der Waals surface area (Å²) >= 11 is -2.37. The maximum absolute atomic E-state index is 11.7. The normalized spacial score (nSPS) is 23.9. The molecular weight excluding hydrogens is 280 g/mol. The third-order valence-electron chi connectivity index (χ3n) is 3.41. The summed E-state index contributed by atoms with van der Waals surface area (Å²) in [4.78, 5) is 11.7. The number of carbonyl (C=O) groups excluding carboxylic acids is 1. The quantitative estimate of drug-likeness (QED) is 0.645. The molecule has 1 aliphatic rings. The van der Waals surface area contributed by atoms with Crippen LogP contribution in [0.15, 0.2) is 24.3 Å². The summed E-state index contributed by atoms with van der Waals surface area (Å²) in [7, 11) is 0. The van der Waals surface area contributed by atoms with Crippen molar-refractivity contribution < 1.29 is 22.5 Å². The molecule has 4 atom stereocenters. The largest absolute Gasteiger partial charge is 0.466 e. The molecule has 0 bridgehead atoms. The Balaban J connectivity index is 2.11. The van der Waals surface area contributed by atoms with Crippen molar-refractivity contribution in [3.8, 4) is 0 Å². The topological polar surface area (TPSA) is 72.8 Å². The number of ether oxygens (including phenoxy) is 1. The zero-order valence-electron chi connectivity index (χ0n) is 11.4. The van der Waals surface area contributed by atoms with Gasteiger partial charge in [-0.3, -0.25) is 13.5 Å². The predicted octanol–water partition coefficient (Wildman–Crippen LogP) is 2.39. The molecule has 0 aromatic heterocycles. The molecule has 1 N–H and O–H groups in total. The number of aryl methyl sites for hydroxylation is 1. The first-order chi connectivity index (χ1) is 9.52. The van der Waals surface area contributed by atoms with Gasteiger partial charge in [-0.1, -0.05) is 29.8 Å². The summed E-state index contributed by atoms with van der Waals surface area (Å²) < 4.78 is 30.0. The number of hydrogen-bond acceptors (Lipinski definition) is 4. The molecule has 5 nitrogen and oxygen atoms in total. The van der Waals surface area contributed by atoms with Crippen molar-refractivity contribution in [2.45, 2.75) is 26.4 Å². The van der Waals surface area contributed by atoms with Crippen LogP contribution in [0.3, 0.4) is 0 Å². The van der Waals surface area contributed by atoms with Crippen LogP contribution in [0.2, 0.25) is 0 Å². The number of esters is 1. The van der Waals surface area contributed by atoms with Crippen LogP contribution in [0.4, 0.5) is 0 Å². The van der Waals surface area contributed by atoms with E-state index in [1.54, 1.807) is 6.92 Å². The first-order valence-electron chi connectivity index (χ1n) is 6.54. The highest BCUT2D eigenvalue weighted by atomic mass is 32.2. The van der Waals surface area contributed by atoms with Crippen LogP contribution in [0.1, 0.15) is 30.6 Å². The van der Waals surface area contributed by atoms with Crippen LogP contribution < -0.4 is 0 Å². The smallest absolute Gasteiger partial charge is 0.309 e. The highest BCUT2D eigenvalue weighted by Gasteiger charge is 2.50. The Bertz CT molecular complexity index is 499. The molecule has 1 aliphatic carbocycles. The lowest BCUT2D eigenvalue weighted by molar-refractivity contribution is -0.145. The first-order valence-corrected chi connectivity index (χ1v) is 7.57. The van der Waals surface area contributed by atoms with Crippen LogP contribution in [-0.2, 0) is 25.1 Å². The highest BCUT2D eigenvalue weighted by molar-refractivity contribution is 7.74. The van der Waals surface area contributed by atoms with E-state index in [9.17, 15) is 9.00 Å². The number of hydrogen-bond donors (Lipinski definition) is 1. The minimum atomic E-state index is -2.37. The van der Waals surface area contributed by atoms with Crippen molar-refractivity contribution in [2.24, 2.45) is 11.8 Å². The molecule has 6 heteroatoms. The van der Waals surface area contributed by atoms with Crippen molar-refractivity contribution in [3.05, 3.63) is 35.4 Å². The van der Waals surface area contributed by atoms with Gasteiger partial charge in [0.1, 0.15) is 6.10 Å².